The molecule has 0 spiro atoms. The summed E-state index contributed by atoms with van der Waals surface area (Å²) in [6.45, 7) is 5.83. The van der Waals surface area contributed by atoms with Crippen LogP contribution in [0.5, 0.6) is 11.5 Å². The molecular formula is C15H18ClN3O2. The van der Waals surface area contributed by atoms with E-state index in [1.807, 2.05) is 22.9 Å². The minimum absolute atomic E-state index is 0.285. The second kappa shape index (κ2) is 5.85. The van der Waals surface area contributed by atoms with Gasteiger partial charge in [0.15, 0.2) is 11.5 Å². The van der Waals surface area contributed by atoms with Crippen molar-refractivity contribution in [3.05, 3.63) is 34.6 Å². The van der Waals surface area contributed by atoms with Crippen LogP contribution in [0.4, 0.5) is 5.69 Å². The van der Waals surface area contributed by atoms with Crippen LogP contribution in [0.3, 0.4) is 0 Å². The number of hydrogen-bond acceptors (Lipinski definition) is 4. The Hall–Kier alpha value is -1.88. The Morgan fingerprint density at radius 3 is 2.86 bits per heavy atom. The topological polar surface area (TPSA) is 48.3 Å². The highest BCUT2D eigenvalue weighted by Crippen LogP contribution is 2.34. The molecule has 1 aromatic carbocycles. The van der Waals surface area contributed by atoms with Crippen LogP contribution in [0.2, 0.25) is 5.02 Å². The quantitative estimate of drug-likeness (QED) is 0.919. The molecule has 5 nitrogen and oxygen atoms in total. The Bertz CT molecular complexity index is 655. The number of fused-ring (bicyclic) bond motifs is 1. The van der Waals surface area contributed by atoms with E-state index in [-0.39, 0.29) is 6.79 Å². The minimum atomic E-state index is 0.285. The molecule has 0 bridgehead atoms. The predicted octanol–water partition coefficient (Wildman–Crippen LogP) is 3.46. The largest absolute Gasteiger partial charge is 0.454 e. The maximum Gasteiger partial charge on any atom is 0.231 e. The van der Waals surface area contributed by atoms with Crippen LogP contribution in [0.25, 0.3) is 0 Å². The van der Waals surface area contributed by atoms with Crippen molar-refractivity contribution < 1.29 is 9.47 Å². The fraction of sp³-hybridized carbons (Fsp3) is 0.400. The smallest absolute Gasteiger partial charge is 0.231 e. The van der Waals surface area contributed by atoms with E-state index in [1.54, 1.807) is 0 Å². The standard InChI is InChI=1S/C15H18ClN3O2/c1-3-11-15(16)12(19(4-2)18-11)8-17-10-5-6-13-14(7-10)21-9-20-13/h5-7,17H,3-4,8-9H2,1-2H3. The molecule has 1 aliphatic rings. The van der Waals surface area contributed by atoms with Crippen molar-refractivity contribution in [1.82, 2.24) is 9.78 Å². The highest BCUT2D eigenvalue weighted by atomic mass is 35.5. The van der Waals surface area contributed by atoms with Gasteiger partial charge < -0.3 is 14.8 Å². The van der Waals surface area contributed by atoms with E-state index >= 15 is 0 Å². The summed E-state index contributed by atoms with van der Waals surface area (Å²) in [6, 6.07) is 5.80. The third-order valence-electron chi connectivity index (χ3n) is 3.53. The zero-order valence-corrected chi connectivity index (χ0v) is 12.9. The van der Waals surface area contributed by atoms with Crippen LogP contribution in [-0.2, 0) is 19.5 Å². The number of halogens is 1. The highest BCUT2D eigenvalue weighted by molar-refractivity contribution is 6.31. The molecule has 1 aromatic heterocycles. The first-order valence-electron chi connectivity index (χ1n) is 7.10. The summed E-state index contributed by atoms with van der Waals surface area (Å²) in [6.07, 6.45) is 0.836. The molecule has 0 saturated heterocycles. The van der Waals surface area contributed by atoms with Crippen molar-refractivity contribution in [3.8, 4) is 11.5 Å². The van der Waals surface area contributed by atoms with E-state index in [0.29, 0.717) is 6.54 Å². The number of anilines is 1. The Morgan fingerprint density at radius 1 is 1.29 bits per heavy atom. The molecule has 1 aliphatic heterocycles. The van der Waals surface area contributed by atoms with Crippen molar-refractivity contribution in [2.45, 2.75) is 33.4 Å². The normalized spacial score (nSPS) is 12.7. The van der Waals surface area contributed by atoms with Crippen LogP contribution in [0.1, 0.15) is 25.2 Å². The van der Waals surface area contributed by atoms with Crippen molar-refractivity contribution in [1.29, 1.82) is 0 Å². The molecule has 112 valence electrons. The lowest BCUT2D eigenvalue weighted by atomic mass is 10.2. The fourth-order valence-electron chi connectivity index (χ4n) is 2.38. The Kier molecular flexibility index (Phi) is 3.92. The van der Waals surface area contributed by atoms with Crippen molar-refractivity contribution in [2.75, 3.05) is 12.1 Å². The third kappa shape index (κ3) is 2.65. The minimum Gasteiger partial charge on any atom is -0.454 e. The molecule has 0 atom stereocenters. The van der Waals surface area contributed by atoms with Crippen LogP contribution < -0.4 is 14.8 Å². The molecule has 6 heteroatoms. The number of benzene rings is 1. The van der Waals surface area contributed by atoms with Crippen LogP contribution in [-0.4, -0.2) is 16.6 Å². The number of nitrogens with zero attached hydrogens (tertiary/aromatic N) is 2. The number of ether oxygens (including phenoxy) is 2. The zero-order valence-electron chi connectivity index (χ0n) is 12.1. The number of aryl methyl sites for hydroxylation is 2. The first-order chi connectivity index (χ1) is 10.2. The highest BCUT2D eigenvalue weighted by Gasteiger charge is 2.16. The second-order valence-electron chi connectivity index (χ2n) is 4.80. The molecule has 2 aromatic rings. The Labute approximate surface area is 128 Å². The molecule has 2 heterocycles. The zero-order chi connectivity index (χ0) is 14.8. The molecular weight excluding hydrogens is 290 g/mol. The SMILES string of the molecule is CCc1nn(CC)c(CNc2ccc3c(c2)OCO3)c1Cl. The maximum atomic E-state index is 6.40. The van der Waals surface area contributed by atoms with E-state index in [9.17, 15) is 0 Å². The molecule has 1 N–H and O–H groups in total. The van der Waals surface area contributed by atoms with Gasteiger partial charge in [0, 0.05) is 18.3 Å². The van der Waals surface area contributed by atoms with E-state index < -0.39 is 0 Å². The summed E-state index contributed by atoms with van der Waals surface area (Å²) >= 11 is 6.40. The second-order valence-corrected chi connectivity index (χ2v) is 5.18. The molecule has 0 unspecified atom stereocenters. The number of rotatable bonds is 5. The van der Waals surface area contributed by atoms with E-state index in [4.69, 9.17) is 21.1 Å². The van der Waals surface area contributed by atoms with E-state index in [2.05, 4.69) is 24.3 Å². The molecule has 0 fully saturated rings. The summed E-state index contributed by atoms with van der Waals surface area (Å²) in [5, 5.41) is 8.64. The van der Waals surface area contributed by atoms with Gasteiger partial charge in [0.2, 0.25) is 6.79 Å². The first-order valence-corrected chi connectivity index (χ1v) is 7.48. The summed E-state index contributed by atoms with van der Waals surface area (Å²) < 4.78 is 12.6. The summed E-state index contributed by atoms with van der Waals surface area (Å²) in [7, 11) is 0. The number of nitrogens with one attached hydrogen (secondary N) is 1. The number of aromatic nitrogens is 2. The fourth-order valence-corrected chi connectivity index (χ4v) is 2.71. The molecule has 21 heavy (non-hydrogen) atoms. The van der Waals surface area contributed by atoms with E-state index in [0.717, 1.165) is 46.6 Å². The lowest BCUT2D eigenvalue weighted by molar-refractivity contribution is 0.174. The molecule has 3 rings (SSSR count). The lowest BCUT2D eigenvalue weighted by Crippen LogP contribution is -2.08. The molecule has 0 radical (unpaired) electrons. The average molecular weight is 308 g/mol. The van der Waals surface area contributed by atoms with Gasteiger partial charge in [-0.25, -0.2) is 0 Å². The monoisotopic (exact) mass is 307 g/mol. The lowest BCUT2D eigenvalue weighted by Gasteiger charge is -2.09. The van der Waals surface area contributed by atoms with Crippen molar-refractivity contribution in [3.63, 3.8) is 0 Å². The van der Waals surface area contributed by atoms with Gasteiger partial charge in [0.05, 0.1) is 23.0 Å². The van der Waals surface area contributed by atoms with Gasteiger partial charge in [-0.1, -0.05) is 18.5 Å². The van der Waals surface area contributed by atoms with Gasteiger partial charge in [-0.15, -0.1) is 0 Å². The summed E-state index contributed by atoms with van der Waals surface area (Å²) in [5.41, 5.74) is 2.92. The Balaban J connectivity index is 1.77. The molecule has 0 aliphatic carbocycles. The molecule has 0 saturated carbocycles. The number of hydrogen-bond donors (Lipinski definition) is 1. The van der Waals surface area contributed by atoms with Crippen LogP contribution in [0, 0.1) is 0 Å². The van der Waals surface area contributed by atoms with Crippen LogP contribution in [0.15, 0.2) is 18.2 Å². The van der Waals surface area contributed by atoms with Gasteiger partial charge in [-0.2, -0.15) is 5.10 Å². The van der Waals surface area contributed by atoms with Gasteiger partial charge >= 0.3 is 0 Å². The predicted molar refractivity (Wildman–Crippen MR) is 82.2 cm³/mol. The first kappa shape index (κ1) is 14.1. The molecule has 0 amide bonds. The van der Waals surface area contributed by atoms with Gasteiger partial charge in [0.25, 0.3) is 0 Å². The van der Waals surface area contributed by atoms with Crippen molar-refractivity contribution >= 4 is 17.3 Å². The van der Waals surface area contributed by atoms with Gasteiger partial charge in [-0.05, 0) is 25.5 Å². The van der Waals surface area contributed by atoms with Gasteiger partial charge in [0.1, 0.15) is 0 Å². The maximum absolute atomic E-state index is 6.40. The Morgan fingerprint density at radius 2 is 2.10 bits per heavy atom. The summed E-state index contributed by atoms with van der Waals surface area (Å²) in [5.74, 6) is 1.55. The summed E-state index contributed by atoms with van der Waals surface area (Å²) in [4.78, 5) is 0. The van der Waals surface area contributed by atoms with Crippen LogP contribution >= 0.6 is 11.6 Å². The van der Waals surface area contributed by atoms with E-state index in [1.165, 1.54) is 0 Å². The van der Waals surface area contributed by atoms with Crippen molar-refractivity contribution in [2.24, 2.45) is 0 Å². The van der Waals surface area contributed by atoms with Gasteiger partial charge in [-0.3, -0.25) is 4.68 Å². The average Bonchev–Trinajstić information content (AvgIpc) is 3.08. The third-order valence-corrected chi connectivity index (χ3v) is 3.96.